The summed E-state index contributed by atoms with van der Waals surface area (Å²) < 4.78 is 14.0. The molecule has 1 N–H and O–H groups in total. The summed E-state index contributed by atoms with van der Waals surface area (Å²) >= 11 is 7.35. The molecule has 0 spiro atoms. The largest absolute Gasteiger partial charge is 0.354 e. The highest BCUT2D eigenvalue weighted by Crippen LogP contribution is 2.24. The fourth-order valence-electron chi connectivity index (χ4n) is 2.89. The highest BCUT2D eigenvalue weighted by molar-refractivity contribution is 7.99. The van der Waals surface area contributed by atoms with E-state index in [1.54, 1.807) is 24.0 Å². The standard InChI is InChI=1S/C23H28ClFN2O2S/c1-3-4-13-26-23(29)17(2)27(14-18-9-6-5-7-10-18)22(28)16-30-15-19-20(24)11-8-12-21(19)25/h5-12,17H,3-4,13-16H2,1-2H3,(H,26,29)/t17-/m1/s1. The van der Waals surface area contributed by atoms with Crippen LogP contribution in [0.5, 0.6) is 0 Å². The average molecular weight is 451 g/mol. The first-order valence-electron chi connectivity index (χ1n) is 10.1. The van der Waals surface area contributed by atoms with Crippen LogP contribution in [0.15, 0.2) is 48.5 Å². The highest BCUT2D eigenvalue weighted by atomic mass is 35.5. The molecular formula is C23H28ClFN2O2S. The van der Waals surface area contributed by atoms with Crippen molar-refractivity contribution in [2.75, 3.05) is 12.3 Å². The smallest absolute Gasteiger partial charge is 0.242 e. The minimum Gasteiger partial charge on any atom is -0.354 e. The number of hydrogen-bond donors (Lipinski definition) is 1. The molecule has 4 nitrogen and oxygen atoms in total. The summed E-state index contributed by atoms with van der Waals surface area (Å²) in [6.45, 7) is 4.72. The second kappa shape index (κ2) is 12.6. The Morgan fingerprint density at radius 1 is 1.17 bits per heavy atom. The third-order valence-corrected chi connectivity index (χ3v) is 6.02. The van der Waals surface area contributed by atoms with E-state index in [4.69, 9.17) is 11.6 Å². The third-order valence-electron chi connectivity index (χ3n) is 4.73. The van der Waals surface area contributed by atoms with E-state index in [0.717, 1.165) is 18.4 Å². The molecule has 0 aromatic heterocycles. The number of carbonyl (C=O) groups is 2. The second-order valence-corrected chi connectivity index (χ2v) is 8.41. The lowest BCUT2D eigenvalue weighted by molar-refractivity contribution is -0.138. The minimum atomic E-state index is -0.604. The zero-order chi connectivity index (χ0) is 21.9. The number of benzene rings is 2. The van der Waals surface area contributed by atoms with Gasteiger partial charge in [0.05, 0.1) is 5.75 Å². The molecule has 0 aliphatic carbocycles. The lowest BCUT2D eigenvalue weighted by atomic mass is 10.1. The first-order valence-corrected chi connectivity index (χ1v) is 11.6. The fourth-order valence-corrected chi connectivity index (χ4v) is 4.14. The number of amides is 2. The zero-order valence-corrected chi connectivity index (χ0v) is 18.9. The summed E-state index contributed by atoms with van der Waals surface area (Å²) in [6, 6.07) is 13.5. The van der Waals surface area contributed by atoms with Gasteiger partial charge in [-0.2, -0.15) is 0 Å². The van der Waals surface area contributed by atoms with Crippen LogP contribution in [0.4, 0.5) is 4.39 Å². The Bertz CT molecular complexity index is 815. The summed E-state index contributed by atoms with van der Waals surface area (Å²) in [7, 11) is 0. The molecule has 0 heterocycles. The molecule has 162 valence electrons. The summed E-state index contributed by atoms with van der Waals surface area (Å²) in [6.07, 6.45) is 1.88. The van der Waals surface area contributed by atoms with Gasteiger partial charge in [0.1, 0.15) is 11.9 Å². The van der Waals surface area contributed by atoms with Gasteiger partial charge >= 0.3 is 0 Å². The fraction of sp³-hybridized carbons (Fsp3) is 0.391. The number of nitrogens with one attached hydrogen (secondary N) is 1. The predicted octanol–water partition coefficient (Wildman–Crippen LogP) is 5.05. The van der Waals surface area contributed by atoms with Gasteiger partial charge in [-0.25, -0.2) is 4.39 Å². The summed E-state index contributed by atoms with van der Waals surface area (Å²) in [5.41, 5.74) is 1.33. The molecule has 7 heteroatoms. The van der Waals surface area contributed by atoms with E-state index in [2.05, 4.69) is 12.2 Å². The van der Waals surface area contributed by atoms with E-state index in [9.17, 15) is 14.0 Å². The van der Waals surface area contributed by atoms with Crippen molar-refractivity contribution in [2.24, 2.45) is 0 Å². The van der Waals surface area contributed by atoms with Crippen molar-refractivity contribution in [1.82, 2.24) is 10.2 Å². The molecule has 2 aromatic rings. The summed E-state index contributed by atoms with van der Waals surface area (Å²) in [5, 5.41) is 3.24. The third kappa shape index (κ3) is 7.33. The van der Waals surface area contributed by atoms with Gasteiger partial charge in [-0.15, -0.1) is 11.8 Å². The van der Waals surface area contributed by atoms with Crippen molar-refractivity contribution in [1.29, 1.82) is 0 Å². The van der Waals surface area contributed by atoms with Crippen molar-refractivity contribution in [3.63, 3.8) is 0 Å². The zero-order valence-electron chi connectivity index (χ0n) is 17.4. The molecule has 0 aliphatic rings. The average Bonchev–Trinajstić information content (AvgIpc) is 2.74. The number of unbranched alkanes of at least 4 members (excludes halogenated alkanes) is 1. The number of thioether (sulfide) groups is 1. The summed E-state index contributed by atoms with van der Waals surface area (Å²) in [4.78, 5) is 27.1. The molecule has 2 rings (SSSR count). The van der Waals surface area contributed by atoms with E-state index in [1.165, 1.54) is 17.8 Å². The monoisotopic (exact) mass is 450 g/mol. The van der Waals surface area contributed by atoms with Crippen LogP contribution in [0.25, 0.3) is 0 Å². The maximum absolute atomic E-state index is 14.0. The molecule has 2 aromatic carbocycles. The first-order chi connectivity index (χ1) is 14.4. The maximum Gasteiger partial charge on any atom is 0.242 e. The van der Waals surface area contributed by atoms with Crippen molar-refractivity contribution in [3.05, 3.63) is 70.5 Å². The Labute approximate surface area is 187 Å². The van der Waals surface area contributed by atoms with Crippen LogP contribution in [0, 0.1) is 5.82 Å². The van der Waals surface area contributed by atoms with Crippen LogP contribution in [0.2, 0.25) is 5.02 Å². The Morgan fingerprint density at radius 3 is 2.57 bits per heavy atom. The highest BCUT2D eigenvalue weighted by Gasteiger charge is 2.26. The molecule has 0 saturated carbocycles. The van der Waals surface area contributed by atoms with Gasteiger partial charge in [-0.05, 0) is 31.0 Å². The molecule has 0 bridgehead atoms. The topological polar surface area (TPSA) is 49.4 Å². The van der Waals surface area contributed by atoms with Gasteiger partial charge in [0, 0.05) is 29.4 Å². The first kappa shape index (κ1) is 24.2. The van der Waals surface area contributed by atoms with Crippen LogP contribution in [0.1, 0.15) is 37.8 Å². The van der Waals surface area contributed by atoms with Gasteiger partial charge < -0.3 is 10.2 Å². The number of carbonyl (C=O) groups excluding carboxylic acids is 2. The van der Waals surface area contributed by atoms with Crippen LogP contribution >= 0.6 is 23.4 Å². The van der Waals surface area contributed by atoms with Gasteiger partial charge in [0.25, 0.3) is 0 Å². The van der Waals surface area contributed by atoms with Gasteiger partial charge in [0.15, 0.2) is 0 Å². The SMILES string of the molecule is CCCCNC(=O)[C@@H](C)N(Cc1ccccc1)C(=O)CSCc1c(F)cccc1Cl. The molecule has 30 heavy (non-hydrogen) atoms. The Hall–Kier alpha value is -2.05. The Balaban J connectivity index is 2.04. The molecule has 0 saturated heterocycles. The predicted molar refractivity (Wildman–Crippen MR) is 122 cm³/mol. The lowest BCUT2D eigenvalue weighted by Gasteiger charge is -2.28. The molecule has 0 fully saturated rings. The lowest BCUT2D eigenvalue weighted by Crippen LogP contribution is -2.48. The van der Waals surface area contributed by atoms with Crippen LogP contribution in [0.3, 0.4) is 0 Å². The second-order valence-electron chi connectivity index (χ2n) is 7.02. The summed E-state index contributed by atoms with van der Waals surface area (Å²) in [5.74, 6) is -0.311. The van der Waals surface area contributed by atoms with Gasteiger partial charge in [-0.1, -0.05) is 61.3 Å². The minimum absolute atomic E-state index is 0.129. The molecular weight excluding hydrogens is 423 g/mol. The van der Waals surface area contributed by atoms with E-state index in [-0.39, 0.29) is 29.1 Å². The Kier molecular flexibility index (Phi) is 10.2. The van der Waals surface area contributed by atoms with Crippen molar-refractivity contribution < 1.29 is 14.0 Å². The van der Waals surface area contributed by atoms with Crippen molar-refractivity contribution >= 4 is 35.2 Å². The maximum atomic E-state index is 14.0. The molecule has 0 aliphatic heterocycles. The number of hydrogen-bond acceptors (Lipinski definition) is 3. The molecule has 0 radical (unpaired) electrons. The molecule has 0 unspecified atom stereocenters. The molecule has 1 atom stereocenters. The van der Waals surface area contributed by atoms with E-state index in [0.29, 0.717) is 23.7 Å². The van der Waals surface area contributed by atoms with Crippen LogP contribution < -0.4 is 5.32 Å². The van der Waals surface area contributed by atoms with Crippen molar-refractivity contribution in [3.8, 4) is 0 Å². The quantitative estimate of drug-likeness (QED) is 0.487. The van der Waals surface area contributed by atoms with Gasteiger partial charge in [-0.3, -0.25) is 9.59 Å². The van der Waals surface area contributed by atoms with Crippen LogP contribution in [-0.2, 0) is 21.9 Å². The van der Waals surface area contributed by atoms with E-state index in [1.807, 2.05) is 30.3 Å². The van der Waals surface area contributed by atoms with Gasteiger partial charge in [0.2, 0.25) is 11.8 Å². The van der Waals surface area contributed by atoms with Crippen LogP contribution in [-0.4, -0.2) is 35.1 Å². The van der Waals surface area contributed by atoms with Crippen molar-refractivity contribution in [2.45, 2.75) is 45.0 Å². The number of rotatable bonds is 11. The molecule has 2 amide bonds. The Morgan fingerprint density at radius 2 is 1.90 bits per heavy atom. The van der Waals surface area contributed by atoms with E-state index >= 15 is 0 Å². The van der Waals surface area contributed by atoms with E-state index < -0.39 is 6.04 Å². The number of nitrogens with zero attached hydrogens (tertiary/aromatic N) is 1. The number of halogens is 2. The normalized spacial score (nSPS) is 11.7.